The van der Waals surface area contributed by atoms with Crippen molar-refractivity contribution in [3.63, 3.8) is 0 Å². The molecule has 19 heavy (non-hydrogen) atoms. The van der Waals surface area contributed by atoms with Gasteiger partial charge in [-0.2, -0.15) is 0 Å². The first-order valence-corrected chi connectivity index (χ1v) is 7.27. The van der Waals surface area contributed by atoms with E-state index in [4.69, 9.17) is 0 Å². The number of nitrogens with zero attached hydrogens (tertiary/aromatic N) is 1. The third kappa shape index (κ3) is 3.58. The average molecular weight is 272 g/mol. The molecule has 0 spiro atoms. The van der Waals surface area contributed by atoms with E-state index in [0.717, 1.165) is 11.6 Å². The molecule has 0 amide bonds. The summed E-state index contributed by atoms with van der Waals surface area (Å²) < 4.78 is 0. The molecule has 0 saturated carbocycles. The van der Waals surface area contributed by atoms with Crippen molar-refractivity contribution in [1.82, 2.24) is 10.3 Å². The summed E-state index contributed by atoms with van der Waals surface area (Å²) in [4.78, 5) is 5.82. The van der Waals surface area contributed by atoms with E-state index in [1.807, 2.05) is 13.2 Å². The molecule has 1 aromatic carbocycles. The fraction of sp³-hybridized carbons (Fsp3) is 0.312. The van der Waals surface area contributed by atoms with Crippen molar-refractivity contribution in [1.29, 1.82) is 0 Å². The fourth-order valence-corrected chi connectivity index (χ4v) is 2.84. The smallest absolute Gasteiger partial charge is 0.104 e. The first kappa shape index (κ1) is 14.1. The lowest BCUT2D eigenvalue weighted by atomic mass is 10.1. The van der Waals surface area contributed by atoms with Crippen molar-refractivity contribution in [3.8, 4) is 0 Å². The summed E-state index contributed by atoms with van der Waals surface area (Å²) in [5.41, 5.74) is 5.12. The molecule has 0 bridgehead atoms. The highest BCUT2D eigenvalue weighted by molar-refractivity contribution is 7.99. The lowest BCUT2D eigenvalue weighted by Gasteiger charge is -2.08. The average Bonchev–Trinajstić information content (AvgIpc) is 2.37. The van der Waals surface area contributed by atoms with Gasteiger partial charge in [0, 0.05) is 17.6 Å². The normalized spacial score (nSPS) is 10.7. The molecule has 2 rings (SSSR count). The second-order valence-corrected chi connectivity index (χ2v) is 5.91. The zero-order chi connectivity index (χ0) is 13.8. The number of hydrogen-bond acceptors (Lipinski definition) is 3. The number of aryl methyl sites for hydroxylation is 3. The van der Waals surface area contributed by atoms with Crippen LogP contribution >= 0.6 is 11.8 Å². The summed E-state index contributed by atoms with van der Waals surface area (Å²) in [5, 5.41) is 4.23. The predicted octanol–water partition coefficient (Wildman–Crippen LogP) is 3.88. The standard InChI is InChI=1S/C16H20N2S/c1-11-5-6-15(8-12(11)2)19-16-13(3)7-14(9-17-4)10-18-16/h5-8,10,17H,9H2,1-4H3. The van der Waals surface area contributed by atoms with Gasteiger partial charge in [0.15, 0.2) is 0 Å². The molecular weight excluding hydrogens is 252 g/mol. The van der Waals surface area contributed by atoms with E-state index in [0.29, 0.717) is 0 Å². The van der Waals surface area contributed by atoms with Crippen LogP contribution in [0.1, 0.15) is 22.3 Å². The topological polar surface area (TPSA) is 24.9 Å². The van der Waals surface area contributed by atoms with Gasteiger partial charge in [0.25, 0.3) is 0 Å². The van der Waals surface area contributed by atoms with E-state index in [2.05, 4.69) is 55.3 Å². The van der Waals surface area contributed by atoms with Gasteiger partial charge < -0.3 is 5.32 Å². The minimum atomic E-state index is 0.864. The molecule has 1 heterocycles. The number of nitrogens with one attached hydrogen (secondary N) is 1. The molecule has 0 fully saturated rings. The highest BCUT2D eigenvalue weighted by atomic mass is 32.2. The van der Waals surface area contributed by atoms with Crippen molar-refractivity contribution in [2.75, 3.05) is 7.05 Å². The van der Waals surface area contributed by atoms with Crippen LogP contribution in [0, 0.1) is 20.8 Å². The third-order valence-electron chi connectivity index (χ3n) is 3.16. The van der Waals surface area contributed by atoms with E-state index in [-0.39, 0.29) is 0 Å². The van der Waals surface area contributed by atoms with Gasteiger partial charge in [0.1, 0.15) is 5.03 Å². The number of aromatic nitrogens is 1. The monoisotopic (exact) mass is 272 g/mol. The maximum absolute atomic E-state index is 4.57. The fourth-order valence-electron chi connectivity index (χ4n) is 1.92. The molecule has 2 nitrogen and oxygen atoms in total. The second kappa shape index (κ2) is 6.22. The molecule has 100 valence electrons. The number of hydrogen-bond donors (Lipinski definition) is 1. The molecule has 0 saturated heterocycles. The largest absolute Gasteiger partial charge is 0.316 e. The van der Waals surface area contributed by atoms with Crippen LogP contribution < -0.4 is 5.32 Å². The Morgan fingerprint density at radius 1 is 1.05 bits per heavy atom. The Kier molecular flexibility index (Phi) is 4.61. The minimum Gasteiger partial charge on any atom is -0.316 e. The van der Waals surface area contributed by atoms with Crippen LogP contribution in [0.5, 0.6) is 0 Å². The summed E-state index contributed by atoms with van der Waals surface area (Å²) in [7, 11) is 1.95. The zero-order valence-electron chi connectivity index (χ0n) is 11.9. The van der Waals surface area contributed by atoms with Crippen molar-refractivity contribution in [2.45, 2.75) is 37.2 Å². The SMILES string of the molecule is CNCc1cnc(Sc2ccc(C)c(C)c2)c(C)c1. The van der Waals surface area contributed by atoms with Gasteiger partial charge in [-0.1, -0.05) is 23.9 Å². The first-order valence-electron chi connectivity index (χ1n) is 6.45. The number of benzene rings is 1. The van der Waals surface area contributed by atoms with E-state index < -0.39 is 0 Å². The Hall–Kier alpha value is -1.32. The lowest BCUT2D eigenvalue weighted by Crippen LogP contribution is -2.05. The van der Waals surface area contributed by atoms with Crippen LogP contribution in [0.15, 0.2) is 40.4 Å². The maximum atomic E-state index is 4.57. The zero-order valence-corrected chi connectivity index (χ0v) is 12.8. The summed E-state index contributed by atoms with van der Waals surface area (Å²) in [6, 6.07) is 8.76. The molecule has 0 unspecified atom stereocenters. The van der Waals surface area contributed by atoms with E-state index in [9.17, 15) is 0 Å². The molecule has 0 aliphatic rings. The summed E-state index contributed by atoms with van der Waals surface area (Å²) in [6.07, 6.45) is 1.95. The molecule has 3 heteroatoms. The number of rotatable bonds is 4. The van der Waals surface area contributed by atoms with Crippen molar-refractivity contribution < 1.29 is 0 Å². The molecular formula is C16H20N2S. The van der Waals surface area contributed by atoms with Crippen LogP contribution in [0.25, 0.3) is 0 Å². The molecule has 1 aromatic heterocycles. The van der Waals surface area contributed by atoms with E-state index in [1.165, 1.54) is 27.1 Å². The van der Waals surface area contributed by atoms with Crippen molar-refractivity contribution in [2.24, 2.45) is 0 Å². The highest BCUT2D eigenvalue weighted by Gasteiger charge is 2.05. The summed E-state index contributed by atoms with van der Waals surface area (Å²) in [5.74, 6) is 0. The van der Waals surface area contributed by atoms with Crippen LogP contribution in [0.2, 0.25) is 0 Å². The van der Waals surface area contributed by atoms with Gasteiger partial charge >= 0.3 is 0 Å². The number of pyridine rings is 1. The van der Waals surface area contributed by atoms with Crippen LogP contribution in [-0.2, 0) is 6.54 Å². The molecule has 2 aromatic rings. The van der Waals surface area contributed by atoms with Gasteiger partial charge in [-0.15, -0.1) is 0 Å². The molecule has 1 N–H and O–H groups in total. The molecule has 0 atom stereocenters. The Morgan fingerprint density at radius 2 is 1.84 bits per heavy atom. The van der Waals surface area contributed by atoms with Gasteiger partial charge in [0.2, 0.25) is 0 Å². The lowest BCUT2D eigenvalue weighted by molar-refractivity contribution is 0.806. The summed E-state index contributed by atoms with van der Waals surface area (Å²) in [6.45, 7) is 7.27. The van der Waals surface area contributed by atoms with E-state index >= 15 is 0 Å². The Balaban J connectivity index is 2.20. The van der Waals surface area contributed by atoms with Crippen LogP contribution in [0.3, 0.4) is 0 Å². The molecule has 0 radical (unpaired) electrons. The second-order valence-electron chi connectivity index (χ2n) is 4.84. The highest BCUT2D eigenvalue weighted by Crippen LogP contribution is 2.29. The molecule has 0 aliphatic carbocycles. The van der Waals surface area contributed by atoms with Crippen LogP contribution in [-0.4, -0.2) is 12.0 Å². The quantitative estimate of drug-likeness (QED) is 0.914. The minimum absolute atomic E-state index is 0.864. The van der Waals surface area contributed by atoms with Gasteiger partial charge in [-0.3, -0.25) is 0 Å². The van der Waals surface area contributed by atoms with Gasteiger partial charge in [-0.05, 0) is 62.2 Å². The van der Waals surface area contributed by atoms with E-state index in [1.54, 1.807) is 11.8 Å². The van der Waals surface area contributed by atoms with Crippen molar-refractivity contribution in [3.05, 3.63) is 52.7 Å². The Labute approximate surface area is 119 Å². The Morgan fingerprint density at radius 3 is 2.47 bits per heavy atom. The summed E-state index contributed by atoms with van der Waals surface area (Å²) >= 11 is 1.73. The van der Waals surface area contributed by atoms with Gasteiger partial charge in [0.05, 0.1) is 0 Å². The van der Waals surface area contributed by atoms with Gasteiger partial charge in [-0.25, -0.2) is 4.98 Å². The predicted molar refractivity (Wildman–Crippen MR) is 81.8 cm³/mol. The maximum Gasteiger partial charge on any atom is 0.104 e. The van der Waals surface area contributed by atoms with Crippen molar-refractivity contribution >= 4 is 11.8 Å². The first-order chi connectivity index (χ1) is 9.10. The third-order valence-corrected chi connectivity index (χ3v) is 4.27. The molecule has 0 aliphatic heterocycles. The Bertz CT molecular complexity index is 579. The van der Waals surface area contributed by atoms with Crippen LogP contribution in [0.4, 0.5) is 0 Å².